The summed E-state index contributed by atoms with van der Waals surface area (Å²) in [6, 6.07) is 10.4. The van der Waals surface area contributed by atoms with Gasteiger partial charge in [0.15, 0.2) is 0 Å². The largest absolute Gasteiger partial charge is 0.496 e. The zero-order chi connectivity index (χ0) is 17.2. The fourth-order valence-electron chi connectivity index (χ4n) is 3.25. The number of hydrogen-bond acceptors (Lipinski definition) is 5. The van der Waals surface area contributed by atoms with Crippen molar-refractivity contribution >= 4 is 17.2 Å². The van der Waals surface area contributed by atoms with E-state index in [9.17, 15) is 0 Å². The number of aryl methyl sites for hydroxylation is 1. The van der Waals surface area contributed by atoms with Crippen LogP contribution in [0.5, 0.6) is 5.75 Å². The maximum Gasteiger partial charge on any atom is 0.129 e. The molecule has 1 fully saturated rings. The van der Waals surface area contributed by atoms with Crippen molar-refractivity contribution in [3.05, 3.63) is 47.5 Å². The molecule has 0 amide bonds. The van der Waals surface area contributed by atoms with Gasteiger partial charge in [-0.2, -0.15) is 0 Å². The van der Waals surface area contributed by atoms with Gasteiger partial charge in [-0.1, -0.05) is 0 Å². The maximum absolute atomic E-state index is 5.34. The van der Waals surface area contributed by atoms with Gasteiger partial charge >= 0.3 is 0 Å². The van der Waals surface area contributed by atoms with Gasteiger partial charge in [0.1, 0.15) is 16.6 Å². The molecular weight excluding hydrogens is 330 g/mol. The lowest BCUT2D eigenvalue weighted by atomic mass is 10.1. The molecule has 3 aromatic rings. The Bertz CT molecular complexity index is 884. The minimum atomic E-state index is 0.906. The van der Waals surface area contributed by atoms with E-state index < -0.39 is 0 Å². The highest BCUT2D eigenvalue weighted by atomic mass is 32.1. The number of nitrogens with zero attached hydrogens (tertiary/aromatic N) is 3. The van der Waals surface area contributed by atoms with Crippen LogP contribution in [0.3, 0.4) is 0 Å². The van der Waals surface area contributed by atoms with E-state index in [-0.39, 0.29) is 0 Å². The molecule has 1 aliphatic rings. The third kappa shape index (κ3) is 3.24. The molecule has 2 aromatic heterocycles. The Labute approximate surface area is 152 Å². The first-order valence-corrected chi connectivity index (χ1v) is 9.44. The predicted molar refractivity (Wildman–Crippen MR) is 104 cm³/mol. The molecule has 25 heavy (non-hydrogen) atoms. The summed E-state index contributed by atoms with van der Waals surface area (Å²) in [7, 11) is 1.70. The maximum atomic E-state index is 5.34. The summed E-state index contributed by atoms with van der Waals surface area (Å²) in [5.41, 5.74) is 4.38. The summed E-state index contributed by atoms with van der Waals surface area (Å²) in [5, 5.41) is 3.15. The average molecular weight is 351 g/mol. The van der Waals surface area contributed by atoms with Crippen molar-refractivity contribution in [2.45, 2.75) is 19.8 Å². The monoisotopic (exact) mass is 351 g/mol. The Morgan fingerprint density at radius 1 is 1.08 bits per heavy atom. The Balaban J connectivity index is 1.63. The molecule has 0 bridgehead atoms. The van der Waals surface area contributed by atoms with Crippen LogP contribution in [0.1, 0.15) is 18.4 Å². The Morgan fingerprint density at radius 2 is 1.92 bits per heavy atom. The summed E-state index contributed by atoms with van der Waals surface area (Å²) in [5.74, 6) is 1.97. The fourth-order valence-corrected chi connectivity index (χ4v) is 4.07. The molecule has 0 N–H and O–H groups in total. The number of benzene rings is 1. The molecule has 1 aliphatic heterocycles. The van der Waals surface area contributed by atoms with Crippen molar-refractivity contribution in [3.63, 3.8) is 0 Å². The van der Waals surface area contributed by atoms with Crippen LogP contribution in [0.2, 0.25) is 0 Å². The van der Waals surface area contributed by atoms with Crippen LogP contribution < -0.4 is 9.64 Å². The molecule has 0 radical (unpaired) electrons. The van der Waals surface area contributed by atoms with Crippen molar-refractivity contribution in [1.82, 2.24) is 9.97 Å². The van der Waals surface area contributed by atoms with E-state index in [1.807, 2.05) is 18.3 Å². The van der Waals surface area contributed by atoms with Gasteiger partial charge in [0.2, 0.25) is 0 Å². The Kier molecular flexibility index (Phi) is 4.40. The molecule has 4 nitrogen and oxygen atoms in total. The van der Waals surface area contributed by atoms with Gasteiger partial charge in [0.25, 0.3) is 0 Å². The van der Waals surface area contributed by atoms with E-state index in [1.54, 1.807) is 18.4 Å². The SMILES string of the molecule is COc1ccc(-c2csc(-c3ccnc(N4CCCC4)c3)n2)cc1C. The smallest absolute Gasteiger partial charge is 0.129 e. The molecule has 0 saturated carbocycles. The lowest BCUT2D eigenvalue weighted by Gasteiger charge is -2.16. The molecular formula is C20H21N3OS. The number of ether oxygens (including phenoxy) is 1. The van der Waals surface area contributed by atoms with Gasteiger partial charge in [0.05, 0.1) is 12.8 Å². The van der Waals surface area contributed by atoms with Crippen molar-refractivity contribution in [1.29, 1.82) is 0 Å². The van der Waals surface area contributed by atoms with Crippen LogP contribution in [0.15, 0.2) is 41.9 Å². The van der Waals surface area contributed by atoms with Gasteiger partial charge in [0, 0.05) is 35.8 Å². The van der Waals surface area contributed by atoms with E-state index in [2.05, 4.69) is 40.4 Å². The zero-order valence-corrected chi connectivity index (χ0v) is 15.3. The highest BCUT2D eigenvalue weighted by Gasteiger charge is 2.15. The van der Waals surface area contributed by atoms with E-state index in [0.29, 0.717) is 0 Å². The molecule has 0 atom stereocenters. The molecule has 1 aromatic carbocycles. The Morgan fingerprint density at radius 3 is 2.68 bits per heavy atom. The van der Waals surface area contributed by atoms with Crippen LogP contribution in [-0.2, 0) is 0 Å². The van der Waals surface area contributed by atoms with Gasteiger partial charge in [-0.3, -0.25) is 0 Å². The lowest BCUT2D eigenvalue weighted by molar-refractivity contribution is 0.412. The van der Waals surface area contributed by atoms with E-state index >= 15 is 0 Å². The second-order valence-electron chi connectivity index (χ2n) is 6.32. The van der Waals surface area contributed by atoms with Crippen molar-refractivity contribution in [3.8, 4) is 27.6 Å². The molecule has 0 spiro atoms. The van der Waals surface area contributed by atoms with Crippen molar-refractivity contribution in [2.75, 3.05) is 25.1 Å². The quantitative estimate of drug-likeness (QED) is 0.677. The summed E-state index contributed by atoms with van der Waals surface area (Å²) >= 11 is 1.68. The number of aromatic nitrogens is 2. The van der Waals surface area contributed by atoms with E-state index in [0.717, 1.165) is 52.0 Å². The fraction of sp³-hybridized carbons (Fsp3) is 0.300. The van der Waals surface area contributed by atoms with Crippen molar-refractivity contribution in [2.24, 2.45) is 0 Å². The number of methoxy groups -OCH3 is 1. The third-order valence-corrected chi connectivity index (χ3v) is 5.51. The summed E-state index contributed by atoms with van der Waals surface area (Å²) in [6.07, 6.45) is 4.40. The molecule has 5 heteroatoms. The number of hydrogen-bond donors (Lipinski definition) is 0. The molecule has 0 aliphatic carbocycles. The summed E-state index contributed by atoms with van der Waals surface area (Å²) in [6.45, 7) is 4.26. The number of thiazole rings is 1. The van der Waals surface area contributed by atoms with E-state index in [4.69, 9.17) is 9.72 Å². The molecule has 128 valence electrons. The molecule has 1 saturated heterocycles. The molecule has 0 unspecified atom stereocenters. The first kappa shape index (κ1) is 16.1. The van der Waals surface area contributed by atoms with Gasteiger partial charge in [-0.05, 0) is 55.7 Å². The second kappa shape index (κ2) is 6.84. The summed E-state index contributed by atoms with van der Waals surface area (Å²) in [4.78, 5) is 11.7. The standard InChI is InChI=1S/C20H21N3OS/c1-14-11-15(5-6-18(14)24-2)17-13-25-20(22-17)16-7-8-21-19(12-16)23-9-3-4-10-23/h5-8,11-13H,3-4,9-10H2,1-2H3. The molecule has 4 rings (SSSR count). The van der Waals surface area contributed by atoms with Gasteiger partial charge in [-0.15, -0.1) is 11.3 Å². The predicted octanol–water partition coefficient (Wildman–Crippen LogP) is 4.79. The first-order chi connectivity index (χ1) is 12.2. The minimum absolute atomic E-state index is 0.906. The second-order valence-corrected chi connectivity index (χ2v) is 7.18. The minimum Gasteiger partial charge on any atom is -0.496 e. The van der Waals surface area contributed by atoms with Crippen LogP contribution in [0.4, 0.5) is 5.82 Å². The van der Waals surface area contributed by atoms with Crippen LogP contribution in [0, 0.1) is 6.92 Å². The Hall–Kier alpha value is -2.40. The highest BCUT2D eigenvalue weighted by Crippen LogP contribution is 2.32. The third-order valence-electron chi connectivity index (χ3n) is 4.62. The van der Waals surface area contributed by atoms with Gasteiger partial charge < -0.3 is 9.64 Å². The van der Waals surface area contributed by atoms with Gasteiger partial charge in [-0.25, -0.2) is 9.97 Å². The topological polar surface area (TPSA) is 38.2 Å². The normalized spacial score (nSPS) is 14.1. The number of pyridine rings is 1. The molecule has 3 heterocycles. The summed E-state index contributed by atoms with van der Waals surface area (Å²) < 4.78 is 5.34. The lowest BCUT2D eigenvalue weighted by Crippen LogP contribution is -2.18. The van der Waals surface area contributed by atoms with Crippen LogP contribution >= 0.6 is 11.3 Å². The highest BCUT2D eigenvalue weighted by molar-refractivity contribution is 7.13. The zero-order valence-electron chi connectivity index (χ0n) is 14.5. The first-order valence-electron chi connectivity index (χ1n) is 8.56. The average Bonchev–Trinajstić information content (AvgIpc) is 3.34. The van der Waals surface area contributed by atoms with Crippen LogP contribution in [-0.4, -0.2) is 30.2 Å². The van der Waals surface area contributed by atoms with Crippen LogP contribution in [0.25, 0.3) is 21.8 Å². The number of rotatable bonds is 4. The van der Waals surface area contributed by atoms with E-state index in [1.165, 1.54) is 12.8 Å². The number of anilines is 1. The van der Waals surface area contributed by atoms with Crippen molar-refractivity contribution < 1.29 is 4.74 Å².